The van der Waals surface area contributed by atoms with Crippen molar-refractivity contribution >= 4 is 0 Å². The van der Waals surface area contributed by atoms with E-state index in [1.54, 1.807) is 0 Å². The van der Waals surface area contributed by atoms with Crippen LogP contribution in [-0.4, -0.2) is 16.1 Å². The van der Waals surface area contributed by atoms with Gasteiger partial charge in [0.05, 0.1) is 6.04 Å². The number of hydrogen-bond acceptors (Lipinski definition) is 2. The molecule has 0 spiro atoms. The highest BCUT2D eigenvalue weighted by Gasteiger charge is 2.22. The molecule has 2 atom stereocenters. The summed E-state index contributed by atoms with van der Waals surface area (Å²) >= 11 is 0. The van der Waals surface area contributed by atoms with Crippen LogP contribution in [0.1, 0.15) is 66.3 Å². The molecule has 2 unspecified atom stereocenters. The summed E-state index contributed by atoms with van der Waals surface area (Å²) in [5.74, 6) is 1.89. The molecule has 3 heteroatoms. The fourth-order valence-corrected chi connectivity index (χ4v) is 2.96. The molecular weight excluding hydrogens is 234 g/mol. The first-order valence-electron chi connectivity index (χ1n) is 7.61. The minimum Gasteiger partial charge on any atom is -0.334 e. The van der Waals surface area contributed by atoms with Gasteiger partial charge in [-0.2, -0.15) is 0 Å². The van der Waals surface area contributed by atoms with E-state index in [-0.39, 0.29) is 0 Å². The van der Waals surface area contributed by atoms with Crippen molar-refractivity contribution in [3.05, 3.63) is 18.2 Å². The summed E-state index contributed by atoms with van der Waals surface area (Å²) in [6, 6.07) is 0.372. The smallest absolute Gasteiger partial charge is 0.125 e. The molecular formula is C16H31N3. The highest BCUT2D eigenvalue weighted by atomic mass is 15.1. The van der Waals surface area contributed by atoms with Gasteiger partial charge in [0.15, 0.2) is 0 Å². The number of hydrogen-bond donors (Lipinski definition) is 1. The molecule has 1 N–H and O–H groups in total. The van der Waals surface area contributed by atoms with Gasteiger partial charge < -0.3 is 9.88 Å². The molecule has 0 radical (unpaired) electrons. The Morgan fingerprint density at radius 3 is 2.53 bits per heavy atom. The Morgan fingerprint density at radius 2 is 2.00 bits per heavy atom. The fourth-order valence-electron chi connectivity index (χ4n) is 2.96. The van der Waals surface area contributed by atoms with E-state index in [1.165, 1.54) is 12.2 Å². The van der Waals surface area contributed by atoms with Crippen molar-refractivity contribution in [2.45, 2.75) is 67.0 Å². The average molecular weight is 265 g/mol. The van der Waals surface area contributed by atoms with Crippen LogP contribution in [0.5, 0.6) is 0 Å². The maximum Gasteiger partial charge on any atom is 0.125 e. The lowest BCUT2D eigenvalue weighted by molar-refractivity contribution is 0.272. The van der Waals surface area contributed by atoms with Crippen molar-refractivity contribution in [2.24, 2.45) is 11.3 Å². The molecule has 0 fully saturated rings. The molecule has 3 nitrogen and oxygen atoms in total. The highest BCUT2D eigenvalue weighted by molar-refractivity contribution is 5.00. The van der Waals surface area contributed by atoms with Crippen LogP contribution in [-0.2, 0) is 6.54 Å². The molecule has 0 aliphatic rings. The molecule has 0 aliphatic carbocycles. The van der Waals surface area contributed by atoms with Gasteiger partial charge in [-0.05, 0) is 37.6 Å². The van der Waals surface area contributed by atoms with E-state index >= 15 is 0 Å². The van der Waals surface area contributed by atoms with E-state index in [1.807, 2.05) is 6.20 Å². The van der Waals surface area contributed by atoms with Gasteiger partial charge in [0.1, 0.15) is 5.82 Å². The van der Waals surface area contributed by atoms with E-state index in [0.717, 1.165) is 19.5 Å². The SMILES string of the molecule is CCNC(CC(C)CC(C)(C)C)c1nccn1CC. The molecule has 110 valence electrons. The normalized spacial score (nSPS) is 15.5. The molecule has 1 aromatic rings. The Morgan fingerprint density at radius 1 is 1.32 bits per heavy atom. The van der Waals surface area contributed by atoms with Gasteiger partial charge in [-0.1, -0.05) is 34.6 Å². The number of nitrogens with zero attached hydrogens (tertiary/aromatic N) is 2. The topological polar surface area (TPSA) is 29.9 Å². The van der Waals surface area contributed by atoms with Crippen LogP contribution in [0.15, 0.2) is 12.4 Å². The Hall–Kier alpha value is -0.830. The molecule has 0 saturated heterocycles. The van der Waals surface area contributed by atoms with Crippen LogP contribution in [0.25, 0.3) is 0 Å². The summed E-state index contributed by atoms with van der Waals surface area (Å²) in [5.41, 5.74) is 0.399. The van der Waals surface area contributed by atoms with Crippen molar-refractivity contribution in [1.29, 1.82) is 0 Å². The Bertz CT molecular complexity index is 362. The summed E-state index contributed by atoms with van der Waals surface area (Å²) in [4.78, 5) is 4.56. The molecule has 1 rings (SSSR count). The number of imidazole rings is 1. The van der Waals surface area contributed by atoms with Gasteiger partial charge in [0, 0.05) is 18.9 Å². The zero-order valence-corrected chi connectivity index (χ0v) is 13.5. The molecule has 0 bridgehead atoms. The zero-order valence-electron chi connectivity index (χ0n) is 13.5. The van der Waals surface area contributed by atoms with Gasteiger partial charge >= 0.3 is 0 Å². The number of aryl methyl sites for hydroxylation is 1. The summed E-state index contributed by atoms with van der Waals surface area (Å²) in [5, 5.41) is 3.59. The second kappa shape index (κ2) is 7.09. The first-order valence-corrected chi connectivity index (χ1v) is 7.61. The molecule has 0 saturated carbocycles. The zero-order chi connectivity index (χ0) is 14.5. The van der Waals surface area contributed by atoms with E-state index in [0.29, 0.717) is 17.4 Å². The minimum absolute atomic E-state index is 0.372. The Kier molecular flexibility index (Phi) is 6.05. The summed E-state index contributed by atoms with van der Waals surface area (Å²) < 4.78 is 2.25. The maximum absolute atomic E-state index is 4.56. The lowest BCUT2D eigenvalue weighted by atomic mass is 9.83. The molecule has 1 aromatic heterocycles. The van der Waals surface area contributed by atoms with Crippen molar-refractivity contribution in [3.8, 4) is 0 Å². The third kappa shape index (κ3) is 5.35. The van der Waals surface area contributed by atoms with Crippen molar-refractivity contribution in [1.82, 2.24) is 14.9 Å². The van der Waals surface area contributed by atoms with Crippen LogP contribution in [0, 0.1) is 11.3 Å². The summed E-state index contributed by atoms with van der Waals surface area (Å²) in [7, 11) is 0. The van der Waals surface area contributed by atoms with Gasteiger partial charge in [-0.15, -0.1) is 0 Å². The molecule has 0 amide bonds. The average Bonchev–Trinajstić information content (AvgIpc) is 2.73. The first kappa shape index (κ1) is 16.2. The van der Waals surface area contributed by atoms with Gasteiger partial charge in [-0.25, -0.2) is 4.98 Å². The van der Waals surface area contributed by atoms with E-state index < -0.39 is 0 Å². The largest absolute Gasteiger partial charge is 0.334 e. The van der Waals surface area contributed by atoms with Crippen LogP contribution in [0.3, 0.4) is 0 Å². The van der Waals surface area contributed by atoms with Gasteiger partial charge in [-0.3, -0.25) is 0 Å². The Balaban J connectivity index is 2.73. The summed E-state index contributed by atoms with van der Waals surface area (Å²) in [6.07, 6.45) is 6.40. The van der Waals surface area contributed by atoms with Crippen LogP contribution >= 0.6 is 0 Å². The Labute approximate surface area is 118 Å². The van der Waals surface area contributed by atoms with Crippen molar-refractivity contribution < 1.29 is 0 Å². The van der Waals surface area contributed by atoms with Gasteiger partial charge in [0.2, 0.25) is 0 Å². The molecule has 19 heavy (non-hydrogen) atoms. The third-order valence-corrected chi connectivity index (χ3v) is 3.45. The number of rotatable bonds is 7. The van der Waals surface area contributed by atoms with E-state index in [2.05, 4.69) is 62.6 Å². The quantitative estimate of drug-likeness (QED) is 0.807. The fraction of sp³-hybridized carbons (Fsp3) is 0.812. The monoisotopic (exact) mass is 265 g/mol. The van der Waals surface area contributed by atoms with Crippen LogP contribution in [0.4, 0.5) is 0 Å². The second-order valence-corrected chi connectivity index (χ2v) is 6.79. The second-order valence-electron chi connectivity index (χ2n) is 6.79. The minimum atomic E-state index is 0.372. The molecule has 0 aliphatic heterocycles. The number of aromatic nitrogens is 2. The molecule has 0 aromatic carbocycles. The van der Waals surface area contributed by atoms with Crippen LogP contribution < -0.4 is 5.32 Å². The highest BCUT2D eigenvalue weighted by Crippen LogP contribution is 2.30. The summed E-state index contributed by atoms with van der Waals surface area (Å²) in [6.45, 7) is 15.6. The molecule has 1 heterocycles. The van der Waals surface area contributed by atoms with Gasteiger partial charge in [0.25, 0.3) is 0 Å². The third-order valence-electron chi connectivity index (χ3n) is 3.45. The number of nitrogens with one attached hydrogen (secondary N) is 1. The predicted octanol–water partition coefficient (Wildman–Crippen LogP) is 4.02. The lowest BCUT2D eigenvalue weighted by Gasteiger charge is -2.27. The van der Waals surface area contributed by atoms with Crippen molar-refractivity contribution in [3.63, 3.8) is 0 Å². The van der Waals surface area contributed by atoms with Crippen LogP contribution in [0.2, 0.25) is 0 Å². The van der Waals surface area contributed by atoms with Crippen molar-refractivity contribution in [2.75, 3.05) is 6.54 Å². The van der Waals surface area contributed by atoms with E-state index in [4.69, 9.17) is 0 Å². The predicted molar refractivity (Wildman–Crippen MR) is 82.2 cm³/mol. The van der Waals surface area contributed by atoms with E-state index in [9.17, 15) is 0 Å². The standard InChI is InChI=1S/C16H31N3/c1-7-17-14(11-13(3)12-16(4,5)6)15-18-9-10-19(15)8-2/h9-10,13-14,17H,7-8,11-12H2,1-6H3. The maximum atomic E-state index is 4.56. The lowest BCUT2D eigenvalue weighted by Crippen LogP contribution is -2.27. The first-order chi connectivity index (χ1) is 8.87.